The summed E-state index contributed by atoms with van der Waals surface area (Å²) in [5, 5.41) is 0. The van der Waals surface area contributed by atoms with Crippen LogP contribution in [0, 0.1) is 23.3 Å². The molecule has 1 aromatic carbocycles. The molecule has 1 aromatic heterocycles. The standard InChI is InChI=1S/C13H4F7NO5S/c14-6-3-7(15)10(17)11(9(6)16)25-12(22)5-1-2-8(21-4-5)26-27(23,24)13(18,19)20/h1-4H. The highest BCUT2D eigenvalue weighted by molar-refractivity contribution is 7.87. The fourth-order valence-corrected chi connectivity index (χ4v) is 1.92. The monoisotopic (exact) mass is 419 g/mol. The third kappa shape index (κ3) is 4.27. The molecule has 6 nitrogen and oxygen atoms in total. The van der Waals surface area contributed by atoms with E-state index in [0.717, 1.165) is 0 Å². The maximum atomic E-state index is 13.4. The molecule has 0 aliphatic heterocycles. The summed E-state index contributed by atoms with van der Waals surface area (Å²) in [6.07, 6.45) is 0.440. The zero-order chi connectivity index (χ0) is 20.6. The lowest BCUT2D eigenvalue weighted by atomic mass is 10.2. The number of carbonyl (C=O) groups is 1. The van der Waals surface area contributed by atoms with Crippen LogP contribution in [-0.2, 0) is 10.1 Å². The normalized spacial score (nSPS) is 12.0. The first kappa shape index (κ1) is 20.4. The van der Waals surface area contributed by atoms with Crippen molar-refractivity contribution in [3.05, 3.63) is 53.2 Å². The number of nitrogens with zero attached hydrogens (tertiary/aromatic N) is 1. The number of esters is 1. The molecule has 2 aromatic rings. The van der Waals surface area contributed by atoms with Crippen molar-refractivity contribution < 1.29 is 52.9 Å². The summed E-state index contributed by atoms with van der Waals surface area (Å²) in [6, 6.07) is 0.998. The molecule has 0 spiro atoms. The van der Waals surface area contributed by atoms with Crippen molar-refractivity contribution in [2.45, 2.75) is 5.51 Å². The Balaban J connectivity index is 2.23. The van der Waals surface area contributed by atoms with Crippen molar-refractivity contribution in [3.63, 3.8) is 0 Å². The minimum absolute atomic E-state index is 0.128. The second-order valence-corrected chi connectivity index (χ2v) is 6.09. The number of alkyl halides is 3. The molecule has 0 saturated heterocycles. The fourth-order valence-electron chi connectivity index (χ4n) is 1.50. The zero-order valence-corrected chi connectivity index (χ0v) is 13.2. The highest BCUT2D eigenvalue weighted by Crippen LogP contribution is 2.28. The van der Waals surface area contributed by atoms with Crippen molar-refractivity contribution in [1.29, 1.82) is 0 Å². The molecule has 0 atom stereocenters. The highest BCUT2D eigenvalue weighted by Gasteiger charge is 2.48. The SMILES string of the molecule is O=C(Oc1c(F)c(F)cc(F)c1F)c1ccc(OS(=O)(=O)C(F)(F)F)nc1. The van der Waals surface area contributed by atoms with Gasteiger partial charge >= 0.3 is 21.6 Å². The van der Waals surface area contributed by atoms with Gasteiger partial charge in [0.15, 0.2) is 11.6 Å². The van der Waals surface area contributed by atoms with E-state index in [4.69, 9.17) is 0 Å². The van der Waals surface area contributed by atoms with Crippen LogP contribution in [0.5, 0.6) is 11.6 Å². The molecular weight excluding hydrogens is 415 g/mol. The summed E-state index contributed by atoms with van der Waals surface area (Å²) < 4.78 is 119. The quantitative estimate of drug-likeness (QED) is 0.189. The van der Waals surface area contributed by atoms with Crippen LogP contribution in [0.3, 0.4) is 0 Å². The summed E-state index contributed by atoms with van der Waals surface area (Å²) in [6.45, 7) is 0. The molecule has 2 rings (SSSR count). The van der Waals surface area contributed by atoms with Crippen LogP contribution in [0.1, 0.15) is 10.4 Å². The minimum atomic E-state index is -6.01. The Bertz CT molecular complexity index is 963. The second kappa shape index (κ2) is 7.02. The third-order valence-corrected chi connectivity index (χ3v) is 3.67. The van der Waals surface area contributed by atoms with Crippen LogP contribution in [0.2, 0.25) is 0 Å². The van der Waals surface area contributed by atoms with E-state index < -0.39 is 62.1 Å². The summed E-state index contributed by atoms with van der Waals surface area (Å²) >= 11 is 0. The van der Waals surface area contributed by atoms with Gasteiger partial charge < -0.3 is 8.92 Å². The van der Waals surface area contributed by atoms with Crippen LogP contribution in [-0.4, -0.2) is 24.9 Å². The molecule has 0 aliphatic rings. The van der Waals surface area contributed by atoms with Crippen molar-refractivity contribution in [3.8, 4) is 11.6 Å². The third-order valence-electron chi connectivity index (χ3n) is 2.72. The van der Waals surface area contributed by atoms with Crippen LogP contribution < -0.4 is 8.92 Å². The molecule has 0 N–H and O–H groups in total. The van der Waals surface area contributed by atoms with Gasteiger partial charge in [0.25, 0.3) is 0 Å². The van der Waals surface area contributed by atoms with Crippen LogP contribution in [0.4, 0.5) is 30.7 Å². The first-order valence-corrected chi connectivity index (χ1v) is 7.76. The van der Waals surface area contributed by atoms with Gasteiger partial charge in [0.2, 0.25) is 23.3 Å². The van der Waals surface area contributed by atoms with Gasteiger partial charge in [0, 0.05) is 18.3 Å². The fraction of sp³-hybridized carbons (Fsp3) is 0.0769. The summed E-state index contributed by atoms with van der Waals surface area (Å²) in [4.78, 5) is 14.8. The summed E-state index contributed by atoms with van der Waals surface area (Å²) in [5.74, 6) is -12.1. The number of hydrogen-bond donors (Lipinski definition) is 0. The van der Waals surface area contributed by atoms with Crippen molar-refractivity contribution in [2.75, 3.05) is 0 Å². The number of carbonyl (C=O) groups excluding carboxylic acids is 1. The number of benzene rings is 1. The molecular formula is C13H4F7NO5S. The molecule has 14 heteroatoms. The van der Waals surface area contributed by atoms with E-state index in [-0.39, 0.29) is 6.07 Å². The van der Waals surface area contributed by atoms with E-state index in [9.17, 15) is 43.9 Å². The van der Waals surface area contributed by atoms with Gasteiger partial charge in [-0.1, -0.05) is 0 Å². The van der Waals surface area contributed by atoms with Crippen LogP contribution in [0.25, 0.3) is 0 Å². The number of halogens is 7. The van der Waals surface area contributed by atoms with Gasteiger partial charge in [-0.05, 0) is 6.07 Å². The molecule has 0 radical (unpaired) electrons. The van der Waals surface area contributed by atoms with E-state index in [1.165, 1.54) is 0 Å². The molecule has 0 saturated carbocycles. The van der Waals surface area contributed by atoms with Crippen molar-refractivity contribution >= 4 is 16.1 Å². The van der Waals surface area contributed by atoms with E-state index in [0.29, 0.717) is 18.3 Å². The number of aromatic nitrogens is 1. The Morgan fingerprint density at radius 2 is 1.56 bits per heavy atom. The Morgan fingerprint density at radius 3 is 2.00 bits per heavy atom. The predicted octanol–water partition coefficient (Wildman–Crippen LogP) is 3.09. The summed E-state index contributed by atoms with van der Waals surface area (Å²) in [7, 11) is -6.01. The summed E-state index contributed by atoms with van der Waals surface area (Å²) in [5.41, 5.74) is -6.39. The number of pyridine rings is 1. The van der Waals surface area contributed by atoms with Gasteiger partial charge in [0.1, 0.15) is 0 Å². The predicted molar refractivity (Wildman–Crippen MR) is 71.1 cm³/mol. The Labute approximate surface area is 145 Å². The van der Waals surface area contributed by atoms with E-state index in [1.807, 2.05) is 0 Å². The first-order valence-electron chi connectivity index (χ1n) is 6.35. The second-order valence-electron chi connectivity index (χ2n) is 4.56. The van der Waals surface area contributed by atoms with E-state index in [2.05, 4.69) is 13.9 Å². The molecule has 1 heterocycles. The van der Waals surface area contributed by atoms with Crippen LogP contribution in [0.15, 0.2) is 24.4 Å². The lowest BCUT2D eigenvalue weighted by molar-refractivity contribution is -0.0501. The van der Waals surface area contributed by atoms with E-state index >= 15 is 0 Å². The highest BCUT2D eigenvalue weighted by atomic mass is 32.2. The lowest BCUT2D eigenvalue weighted by Crippen LogP contribution is -2.28. The molecule has 0 amide bonds. The maximum Gasteiger partial charge on any atom is 0.534 e. The zero-order valence-electron chi connectivity index (χ0n) is 12.4. The molecule has 146 valence electrons. The average Bonchev–Trinajstić information content (AvgIpc) is 2.56. The largest absolute Gasteiger partial charge is 0.534 e. The molecule has 0 bridgehead atoms. The average molecular weight is 419 g/mol. The Kier molecular flexibility index (Phi) is 5.30. The lowest BCUT2D eigenvalue weighted by Gasteiger charge is -2.09. The van der Waals surface area contributed by atoms with Gasteiger partial charge in [-0.15, -0.1) is 0 Å². The van der Waals surface area contributed by atoms with Gasteiger partial charge in [-0.25, -0.2) is 18.6 Å². The van der Waals surface area contributed by atoms with Gasteiger partial charge in [0.05, 0.1) is 5.56 Å². The Hall–Kier alpha value is -2.90. The molecule has 0 aliphatic carbocycles. The maximum absolute atomic E-state index is 13.4. The van der Waals surface area contributed by atoms with Crippen molar-refractivity contribution in [2.24, 2.45) is 0 Å². The topological polar surface area (TPSA) is 82.6 Å². The molecule has 27 heavy (non-hydrogen) atoms. The smallest absolute Gasteiger partial charge is 0.416 e. The van der Waals surface area contributed by atoms with E-state index in [1.54, 1.807) is 0 Å². The minimum Gasteiger partial charge on any atom is -0.416 e. The first-order chi connectivity index (χ1) is 12.3. The Morgan fingerprint density at radius 1 is 1.00 bits per heavy atom. The molecule has 0 fully saturated rings. The van der Waals surface area contributed by atoms with Crippen molar-refractivity contribution in [1.82, 2.24) is 4.98 Å². The molecule has 0 unspecified atom stereocenters. The van der Waals surface area contributed by atoms with Gasteiger partial charge in [-0.3, -0.25) is 0 Å². The van der Waals surface area contributed by atoms with Gasteiger partial charge in [-0.2, -0.15) is 30.4 Å². The number of ether oxygens (including phenoxy) is 1. The number of rotatable bonds is 4. The van der Waals surface area contributed by atoms with Crippen LogP contribution >= 0.6 is 0 Å². The number of hydrogen-bond acceptors (Lipinski definition) is 6.